The van der Waals surface area contributed by atoms with E-state index in [1.807, 2.05) is 13.0 Å². The van der Waals surface area contributed by atoms with Gasteiger partial charge in [0.15, 0.2) is 24.0 Å². The van der Waals surface area contributed by atoms with Crippen molar-refractivity contribution in [3.05, 3.63) is 101 Å². The lowest BCUT2D eigenvalue weighted by Crippen LogP contribution is -2.20. The smallest absolute Gasteiger partial charge is 0.422 e. The van der Waals surface area contributed by atoms with Crippen molar-refractivity contribution < 1.29 is 35.5 Å². The number of halogens is 7. The van der Waals surface area contributed by atoms with E-state index >= 15 is 4.39 Å². The summed E-state index contributed by atoms with van der Waals surface area (Å²) in [7, 11) is 0. The van der Waals surface area contributed by atoms with Gasteiger partial charge in [-0.3, -0.25) is 0 Å². The SMILES string of the molecule is CCc1ccc(-c2ccc3c(F)c(CCc4cc(F)c(OCC(F)(F)F)c(F)c4)ccc3c2)c(F)c1. The Hall–Kier alpha value is -3.55. The van der Waals surface area contributed by atoms with Crippen LogP contribution < -0.4 is 4.74 Å². The normalized spacial score (nSPS) is 11.8. The highest BCUT2D eigenvalue weighted by Crippen LogP contribution is 2.31. The minimum absolute atomic E-state index is 0.0445. The molecular formula is C28H21F7O. The summed E-state index contributed by atoms with van der Waals surface area (Å²) in [5, 5.41) is 0.881. The van der Waals surface area contributed by atoms with Crippen LogP contribution in [0.3, 0.4) is 0 Å². The Morgan fingerprint density at radius 2 is 1.42 bits per heavy atom. The summed E-state index contributed by atoms with van der Waals surface area (Å²) >= 11 is 0. The zero-order valence-corrected chi connectivity index (χ0v) is 19.2. The highest BCUT2D eigenvalue weighted by molar-refractivity contribution is 5.88. The molecule has 0 unspecified atom stereocenters. The second kappa shape index (κ2) is 10.2. The maximum atomic E-state index is 15.2. The third-order valence-electron chi connectivity index (χ3n) is 5.91. The third kappa shape index (κ3) is 5.64. The number of hydrogen-bond donors (Lipinski definition) is 0. The van der Waals surface area contributed by atoms with Crippen molar-refractivity contribution in [3.8, 4) is 16.9 Å². The molecule has 0 aromatic heterocycles. The highest BCUT2D eigenvalue weighted by Gasteiger charge is 2.30. The molecule has 0 fully saturated rings. The van der Waals surface area contributed by atoms with Crippen molar-refractivity contribution in [1.82, 2.24) is 0 Å². The van der Waals surface area contributed by atoms with E-state index in [0.29, 0.717) is 33.9 Å². The van der Waals surface area contributed by atoms with Crippen LogP contribution in [0.1, 0.15) is 23.6 Å². The zero-order chi connectivity index (χ0) is 26.0. The number of ether oxygens (including phenoxy) is 1. The number of aryl methyl sites for hydroxylation is 3. The summed E-state index contributed by atoms with van der Waals surface area (Å²) in [6, 6.07) is 14.9. The van der Waals surface area contributed by atoms with Gasteiger partial charge in [0.1, 0.15) is 11.6 Å². The van der Waals surface area contributed by atoms with Gasteiger partial charge in [0.05, 0.1) is 0 Å². The van der Waals surface area contributed by atoms with Crippen LogP contribution in [0.2, 0.25) is 0 Å². The van der Waals surface area contributed by atoms with Gasteiger partial charge >= 0.3 is 6.18 Å². The first-order valence-corrected chi connectivity index (χ1v) is 11.2. The third-order valence-corrected chi connectivity index (χ3v) is 5.91. The molecule has 0 N–H and O–H groups in total. The van der Waals surface area contributed by atoms with E-state index in [4.69, 9.17) is 0 Å². The second-order valence-electron chi connectivity index (χ2n) is 8.43. The fourth-order valence-electron chi connectivity index (χ4n) is 4.04. The number of alkyl halides is 3. The van der Waals surface area contributed by atoms with Gasteiger partial charge < -0.3 is 4.74 Å². The van der Waals surface area contributed by atoms with Crippen molar-refractivity contribution in [2.24, 2.45) is 0 Å². The molecule has 0 aliphatic carbocycles. The summed E-state index contributed by atoms with van der Waals surface area (Å²) in [4.78, 5) is 0. The largest absolute Gasteiger partial charge is 0.478 e. The summed E-state index contributed by atoms with van der Waals surface area (Å²) in [5.74, 6) is -4.50. The first-order chi connectivity index (χ1) is 17.1. The van der Waals surface area contributed by atoms with Gasteiger partial charge in [-0.25, -0.2) is 17.6 Å². The van der Waals surface area contributed by atoms with Crippen LogP contribution in [-0.4, -0.2) is 12.8 Å². The number of benzene rings is 4. The molecule has 0 heterocycles. The Morgan fingerprint density at radius 3 is 2.06 bits per heavy atom. The molecule has 0 radical (unpaired) electrons. The first kappa shape index (κ1) is 25.5. The molecule has 0 amide bonds. The van der Waals surface area contributed by atoms with Gasteiger partial charge in [-0.15, -0.1) is 0 Å². The molecule has 0 saturated carbocycles. The van der Waals surface area contributed by atoms with Gasteiger partial charge in [0.25, 0.3) is 0 Å². The molecule has 1 nitrogen and oxygen atoms in total. The molecule has 188 valence electrons. The molecule has 4 aromatic rings. The molecule has 36 heavy (non-hydrogen) atoms. The Bertz CT molecular complexity index is 1390. The van der Waals surface area contributed by atoms with E-state index in [1.165, 1.54) is 6.07 Å². The van der Waals surface area contributed by atoms with E-state index in [-0.39, 0.29) is 24.2 Å². The minimum atomic E-state index is -4.74. The molecule has 0 saturated heterocycles. The van der Waals surface area contributed by atoms with Crippen LogP contribution in [0.25, 0.3) is 21.9 Å². The fraction of sp³-hybridized carbons (Fsp3) is 0.214. The van der Waals surface area contributed by atoms with E-state index in [9.17, 15) is 26.3 Å². The Balaban J connectivity index is 1.53. The van der Waals surface area contributed by atoms with E-state index in [1.54, 1.807) is 36.4 Å². The summed E-state index contributed by atoms with van der Waals surface area (Å²) in [5.41, 5.74) is 2.33. The van der Waals surface area contributed by atoms with Crippen molar-refractivity contribution in [1.29, 1.82) is 0 Å². The molecule has 0 spiro atoms. The van der Waals surface area contributed by atoms with Crippen LogP contribution in [0.15, 0.2) is 60.7 Å². The second-order valence-corrected chi connectivity index (χ2v) is 8.43. The zero-order valence-electron chi connectivity index (χ0n) is 19.2. The molecule has 0 atom stereocenters. The molecule has 0 aliphatic heterocycles. The lowest BCUT2D eigenvalue weighted by Gasteiger charge is -2.12. The Labute approximate surface area is 203 Å². The number of fused-ring (bicyclic) bond motifs is 1. The quantitative estimate of drug-likeness (QED) is 0.229. The van der Waals surface area contributed by atoms with Crippen LogP contribution in [0, 0.1) is 23.3 Å². The van der Waals surface area contributed by atoms with Crippen molar-refractivity contribution in [2.45, 2.75) is 32.4 Å². The van der Waals surface area contributed by atoms with Crippen molar-refractivity contribution >= 4 is 10.8 Å². The van der Waals surface area contributed by atoms with Crippen LogP contribution >= 0.6 is 0 Å². The topological polar surface area (TPSA) is 9.23 Å². The molecule has 4 aromatic carbocycles. The van der Waals surface area contributed by atoms with Crippen LogP contribution in [0.5, 0.6) is 5.75 Å². The predicted octanol–water partition coefficient (Wildman–Crippen LogP) is 8.35. The average molecular weight is 506 g/mol. The van der Waals surface area contributed by atoms with Gasteiger partial charge in [0.2, 0.25) is 0 Å². The minimum Gasteiger partial charge on any atom is -0.478 e. The van der Waals surface area contributed by atoms with E-state index < -0.39 is 36.0 Å². The van der Waals surface area contributed by atoms with E-state index in [2.05, 4.69) is 4.74 Å². The van der Waals surface area contributed by atoms with Gasteiger partial charge in [0, 0.05) is 10.9 Å². The Morgan fingerprint density at radius 1 is 0.722 bits per heavy atom. The summed E-state index contributed by atoms with van der Waals surface area (Å²) < 4.78 is 99.0. The number of rotatable bonds is 7. The molecule has 8 heteroatoms. The maximum Gasteiger partial charge on any atom is 0.422 e. The van der Waals surface area contributed by atoms with Crippen LogP contribution in [-0.2, 0) is 19.3 Å². The van der Waals surface area contributed by atoms with E-state index in [0.717, 1.165) is 17.7 Å². The first-order valence-electron chi connectivity index (χ1n) is 11.2. The lowest BCUT2D eigenvalue weighted by atomic mass is 9.96. The molecular weight excluding hydrogens is 485 g/mol. The lowest BCUT2D eigenvalue weighted by molar-refractivity contribution is -0.154. The van der Waals surface area contributed by atoms with Crippen LogP contribution in [0.4, 0.5) is 30.7 Å². The van der Waals surface area contributed by atoms with Crippen molar-refractivity contribution in [2.75, 3.05) is 6.61 Å². The standard InChI is InChI=1S/C28H21F7O/c1-2-16-4-9-21(23(29)11-16)19-8-10-22-20(14-19)7-6-18(26(22)32)5-3-17-12-24(30)27(25(31)13-17)36-15-28(33,34)35/h4,6-14H,2-3,5,15H2,1H3. The number of hydrogen-bond acceptors (Lipinski definition) is 1. The molecule has 0 bridgehead atoms. The van der Waals surface area contributed by atoms with Gasteiger partial charge in [-0.05, 0) is 71.2 Å². The predicted molar refractivity (Wildman–Crippen MR) is 124 cm³/mol. The molecule has 0 aliphatic rings. The average Bonchev–Trinajstić information content (AvgIpc) is 2.82. The fourth-order valence-corrected chi connectivity index (χ4v) is 4.04. The monoisotopic (exact) mass is 506 g/mol. The summed E-state index contributed by atoms with van der Waals surface area (Å²) in [6.07, 6.45) is -3.89. The van der Waals surface area contributed by atoms with Crippen molar-refractivity contribution in [3.63, 3.8) is 0 Å². The highest BCUT2D eigenvalue weighted by atomic mass is 19.4. The van der Waals surface area contributed by atoms with Gasteiger partial charge in [-0.1, -0.05) is 43.3 Å². The summed E-state index contributed by atoms with van der Waals surface area (Å²) in [6.45, 7) is 0.112. The van der Waals surface area contributed by atoms with Gasteiger partial charge in [-0.2, -0.15) is 13.2 Å². The maximum absolute atomic E-state index is 15.2. The molecule has 4 rings (SSSR count). The Kier molecular flexibility index (Phi) is 7.24.